The number of rotatable bonds is 4. The summed E-state index contributed by atoms with van der Waals surface area (Å²) in [4.78, 5) is 10.9. The first kappa shape index (κ1) is 13.5. The molecule has 0 bridgehead atoms. The molecule has 0 fully saturated rings. The summed E-state index contributed by atoms with van der Waals surface area (Å²) in [7, 11) is -4.75. The van der Waals surface area contributed by atoms with Gasteiger partial charge in [0.05, 0.1) is 0 Å². The van der Waals surface area contributed by atoms with Crippen molar-refractivity contribution < 1.29 is 27.1 Å². The lowest BCUT2D eigenvalue weighted by Crippen LogP contribution is -2.13. The summed E-state index contributed by atoms with van der Waals surface area (Å²) in [5, 5.41) is 8.92. The van der Waals surface area contributed by atoms with Crippen LogP contribution in [0.25, 0.3) is 0 Å². The van der Waals surface area contributed by atoms with Gasteiger partial charge in [-0.25, -0.2) is 4.79 Å². The first-order valence-corrected chi connectivity index (χ1v) is 6.15. The third-order valence-corrected chi connectivity index (χ3v) is 2.64. The Bertz CT molecular complexity index is 546. The van der Waals surface area contributed by atoms with Crippen molar-refractivity contribution in [1.82, 2.24) is 0 Å². The Labute approximate surface area is 98.8 Å². The van der Waals surface area contributed by atoms with Crippen LogP contribution in [0, 0.1) is 6.92 Å². The van der Waals surface area contributed by atoms with E-state index >= 15 is 0 Å². The van der Waals surface area contributed by atoms with Crippen molar-refractivity contribution in [3.05, 3.63) is 28.8 Å². The Morgan fingerprint density at radius 3 is 2.41 bits per heavy atom. The molecule has 6 nitrogen and oxygen atoms in total. The first-order chi connectivity index (χ1) is 7.76. The van der Waals surface area contributed by atoms with E-state index in [-0.39, 0.29) is 11.3 Å². The van der Waals surface area contributed by atoms with Gasteiger partial charge in [0, 0.05) is 0 Å². The Morgan fingerprint density at radius 2 is 2.00 bits per heavy atom. The normalized spacial score (nSPS) is 11.2. The van der Waals surface area contributed by atoms with E-state index in [4.69, 9.17) is 9.66 Å². The molecule has 2 N–H and O–H groups in total. The second-order valence-corrected chi connectivity index (χ2v) is 4.43. The molecule has 0 saturated heterocycles. The molecule has 0 unspecified atom stereocenters. The Morgan fingerprint density at radius 1 is 1.41 bits per heavy atom. The molecule has 0 aliphatic heterocycles. The van der Waals surface area contributed by atoms with Crippen LogP contribution in [0.1, 0.15) is 28.4 Å². The van der Waals surface area contributed by atoms with E-state index in [1.54, 1.807) is 19.9 Å². The number of benzene rings is 1. The average Bonchev–Trinajstić information content (AvgIpc) is 2.15. The van der Waals surface area contributed by atoms with Gasteiger partial charge in [0.1, 0.15) is 5.56 Å². The maximum atomic E-state index is 10.9. The van der Waals surface area contributed by atoms with E-state index in [1.807, 2.05) is 0 Å². The SMILES string of the molecule is CCc1c(C)ccc(C(=O)O)c1OS(=O)(=O)O. The summed E-state index contributed by atoms with van der Waals surface area (Å²) in [6.45, 7) is 3.42. The highest BCUT2D eigenvalue weighted by Crippen LogP contribution is 2.28. The minimum Gasteiger partial charge on any atom is -0.478 e. The molecule has 0 heterocycles. The largest absolute Gasteiger partial charge is 0.478 e. The van der Waals surface area contributed by atoms with E-state index < -0.39 is 16.4 Å². The summed E-state index contributed by atoms with van der Waals surface area (Å²) >= 11 is 0. The second-order valence-electron chi connectivity index (χ2n) is 3.41. The van der Waals surface area contributed by atoms with Crippen LogP contribution < -0.4 is 4.18 Å². The highest BCUT2D eigenvalue weighted by atomic mass is 32.3. The van der Waals surface area contributed by atoms with Crippen molar-refractivity contribution >= 4 is 16.4 Å². The maximum Gasteiger partial charge on any atom is 0.446 e. The zero-order valence-electron chi connectivity index (χ0n) is 9.30. The summed E-state index contributed by atoms with van der Waals surface area (Å²) < 4.78 is 34.4. The lowest BCUT2D eigenvalue weighted by molar-refractivity contribution is 0.0695. The molecule has 1 aromatic rings. The zero-order chi connectivity index (χ0) is 13.2. The van der Waals surface area contributed by atoms with Crippen molar-refractivity contribution in [2.45, 2.75) is 20.3 Å². The highest BCUT2D eigenvalue weighted by molar-refractivity contribution is 7.81. The zero-order valence-corrected chi connectivity index (χ0v) is 10.1. The predicted octanol–water partition coefficient (Wildman–Crippen LogP) is 1.44. The standard InChI is InChI=1S/C10H12O6S/c1-3-7-6(2)4-5-8(10(11)12)9(7)16-17(13,14)15/h4-5H,3H2,1-2H3,(H,11,12)(H,13,14,15). The van der Waals surface area contributed by atoms with E-state index in [1.165, 1.54) is 6.07 Å². The molecule has 0 aliphatic rings. The number of aromatic carboxylic acids is 1. The summed E-state index contributed by atoms with van der Waals surface area (Å²) in [5.74, 6) is -1.65. The third-order valence-electron chi connectivity index (χ3n) is 2.27. The Kier molecular flexibility index (Phi) is 3.74. The van der Waals surface area contributed by atoms with Crippen LogP contribution in [-0.4, -0.2) is 24.0 Å². The molecular weight excluding hydrogens is 248 g/mol. The molecule has 0 aliphatic carbocycles. The van der Waals surface area contributed by atoms with Crippen LogP contribution in [0.4, 0.5) is 0 Å². The predicted molar refractivity (Wildman–Crippen MR) is 59.7 cm³/mol. The number of carboxylic acid groups (broad SMARTS) is 1. The molecule has 7 heteroatoms. The molecule has 0 atom stereocenters. The lowest BCUT2D eigenvalue weighted by atomic mass is 10.0. The van der Waals surface area contributed by atoms with Gasteiger partial charge in [0.15, 0.2) is 5.75 Å². The van der Waals surface area contributed by atoms with Gasteiger partial charge in [-0.2, -0.15) is 8.42 Å². The number of carboxylic acids is 1. The molecule has 0 saturated carbocycles. The lowest BCUT2D eigenvalue weighted by Gasteiger charge is -2.12. The van der Waals surface area contributed by atoms with Gasteiger partial charge in [-0.05, 0) is 30.5 Å². The van der Waals surface area contributed by atoms with E-state index in [9.17, 15) is 13.2 Å². The van der Waals surface area contributed by atoms with Crippen molar-refractivity contribution in [1.29, 1.82) is 0 Å². The molecule has 0 spiro atoms. The second kappa shape index (κ2) is 4.72. The Hall–Kier alpha value is -1.60. The van der Waals surface area contributed by atoms with Crippen LogP contribution in [0.15, 0.2) is 12.1 Å². The minimum atomic E-state index is -4.75. The average molecular weight is 260 g/mol. The molecule has 0 aromatic heterocycles. The van der Waals surface area contributed by atoms with Gasteiger partial charge in [-0.15, -0.1) is 0 Å². The number of hydrogen-bond acceptors (Lipinski definition) is 4. The number of hydrogen-bond donors (Lipinski definition) is 2. The molecule has 0 radical (unpaired) electrons. The van der Waals surface area contributed by atoms with Crippen LogP contribution in [0.5, 0.6) is 5.75 Å². The monoisotopic (exact) mass is 260 g/mol. The smallest absolute Gasteiger partial charge is 0.446 e. The van der Waals surface area contributed by atoms with E-state index in [0.717, 1.165) is 0 Å². The van der Waals surface area contributed by atoms with Crippen molar-refractivity contribution in [3.8, 4) is 5.75 Å². The van der Waals surface area contributed by atoms with Crippen molar-refractivity contribution in [2.24, 2.45) is 0 Å². The fourth-order valence-corrected chi connectivity index (χ4v) is 1.94. The van der Waals surface area contributed by atoms with Crippen LogP contribution in [0.3, 0.4) is 0 Å². The third kappa shape index (κ3) is 3.18. The minimum absolute atomic E-state index is 0.301. The fourth-order valence-electron chi connectivity index (χ4n) is 1.53. The van der Waals surface area contributed by atoms with E-state index in [2.05, 4.69) is 4.18 Å². The fraction of sp³-hybridized carbons (Fsp3) is 0.300. The molecule has 17 heavy (non-hydrogen) atoms. The van der Waals surface area contributed by atoms with Gasteiger partial charge >= 0.3 is 16.4 Å². The molecular formula is C10H12O6S. The molecule has 1 aromatic carbocycles. The molecule has 94 valence electrons. The van der Waals surface area contributed by atoms with Gasteiger partial charge in [0.2, 0.25) is 0 Å². The van der Waals surface area contributed by atoms with Crippen molar-refractivity contribution in [2.75, 3.05) is 0 Å². The maximum absolute atomic E-state index is 10.9. The summed E-state index contributed by atoms with van der Waals surface area (Å²) in [6.07, 6.45) is 0.387. The summed E-state index contributed by atoms with van der Waals surface area (Å²) in [5.41, 5.74) is 0.823. The van der Waals surface area contributed by atoms with Crippen molar-refractivity contribution in [3.63, 3.8) is 0 Å². The van der Waals surface area contributed by atoms with Crippen LogP contribution >= 0.6 is 0 Å². The van der Waals surface area contributed by atoms with Gasteiger partial charge < -0.3 is 9.29 Å². The molecule has 1 rings (SSSR count). The first-order valence-electron chi connectivity index (χ1n) is 4.79. The van der Waals surface area contributed by atoms with E-state index in [0.29, 0.717) is 17.5 Å². The number of aryl methyl sites for hydroxylation is 1. The Balaban J connectivity index is 3.50. The van der Waals surface area contributed by atoms with Crippen LogP contribution in [-0.2, 0) is 16.8 Å². The van der Waals surface area contributed by atoms with Gasteiger partial charge in [-0.3, -0.25) is 4.55 Å². The van der Waals surface area contributed by atoms with Gasteiger partial charge in [-0.1, -0.05) is 13.0 Å². The highest BCUT2D eigenvalue weighted by Gasteiger charge is 2.21. The summed E-state index contributed by atoms with van der Waals surface area (Å²) in [6, 6.07) is 2.79. The number of carbonyl (C=O) groups is 1. The van der Waals surface area contributed by atoms with Gasteiger partial charge in [0.25, 0.3) is 0 Å². The quantitative estimate of drug-likeness (QED) is 0.794. The van der Waals surface area contributed by atoms with Crippen LogP contribution in [0.2, 0.25) is 0 Å². The molecule has 0 amide bonds. The topological polar surface area (TPSA) is 101 Å².